The molecule has 1 atom stereocenters. The first-order valence-corrected chi connectivity index (χ1v) is 8.60. The van der Waals surface area contributed by atoms with Crippen molar-refractivity contribution in [1.29, 1.82) is 0 Å². The number of thiophene rings is 1. The maximum atomic E-state index is 11.0. The van der Waals surface area contributed by atoms with Gasteiger partial charge in [0.2, 0.25) is 5.91 Å². The summed E-state index contributed by atoms with van der Waals surface area (Å²) in [6.45, 7) is 1.52. The molecule has 112 valence electrons. The highest BCUT2D eigenvalue weighted by Crippen LogP contribution is 2.28. The number of primary amides is 1. The molecule has 0 unspecified atom stereocenters. The van der Waals surface area contributed by atoms with Crippen molar-refractivity contribution in [2.45, 2.75) is 30.6 Å². The number of ether oxygens (including phenoxy) is 1. The molecule has 0 spiro atoms. The number of thioether (sulfide) groups is 1. The van der Waals surface area contributed by atoms with Crippen LogP contribution >= 0.6 is 23.1 Å². The van der Waals surface area contributed by atoms with Gasteiger partial charge in [-0.2, -0.15) is 0 Å². The van der Waals surface area contributed by atoms with Gasteiger partial charge in [-0.3, -0.25) is 9.36 Å². The van der Waals surface area contributed by atoms with Crippen LogP contribution < -0.4 is 5.73 Å². The first-order chi connectivity index (χ1) is 10.2. The monoisotopic (exact) mass is 324 g/mol. The van der Waals surface area contributed by atoms with Crippen LogP contribution in [0.3, 0.4) is 0 Å². The standard InChI is InChI=1S/C13H16N4O2S2/c14-11(18)8-21-13-16-15-12(10-4-2-6-20-10)17(13)7-9-3-1-5-19-9/h2,4,6,9H,1,3,5,7-8H2,(H2,14,18)/t9-/m0/s1. The zero-order valence-corrected chi connectivity index (χ0v) is 13.0. The number of carbonyl (C=O) groups is 1. The van der Waals surface area contributed by atoms with E-state index in [1.165, 1.54) is 11.8 Å². The lowest BCUT2D eigenvalue weighted by molar-refractivity contribution is -0.115. The predicted molar refractivity (Wildman–Crippen MR) is 82.2 cm³/mol. The molecule has 0 aliphatic carbocycles. The normalized spacial score (nSPS) is 18.2. The van der Waals surface area contributed by atoms with Gasteiger partial charge in [0.05, 0.1) is 23.3 Å². The third kappa shape index (κ3) is 3.45. The van der Waals surface area contributed by atoms with Crippen molar-refractivity contribution in [1.82, 2.24) is 14.8 Å². The molecule has 1 fully saturated rings. The first-order valence-electron chi connectivity index (χ1n) is 6.74. The van der Waals surface area contributed by atoms with Crippen molar-refractivity contribution in [3.8, 4) is 10.7 Å². The molecular weight excluding hydrogens is 308 g/mol. The van der Waals surface area contributed by atoms with Crippen LogP contribution in [0.4, 0.5) is 0 Å². The summed E-state index contributed by atoms with van der Waals surface area (Å²) in [6, 6.07) is 4.00. The fourth-order valence-corrected chi connectivity index (χ4v) is 3.68. The summed E-state index contributed by atoms with van der Waals surface area (Å²) in [7, 11) is 0. The molecule has 8 heteroatoms. The molecule has 1 amide bonds. The van der Waals surface area contributed by atoms with Gasteiger partial charge in [0.15, 0.2) is 11.0 Å². The van der Waals surface area contributed by atoms with E-state index in [2.05, 4.69) is 10.2 Å². The Morgan fingerprint density at radius 3 is 3.14 bits per heavy atom. The second kappa shape index (κ2) is 6.59. The summed E-state index contributed by atoms with van der Waals surface area (Å²) in [4.78, 5) is 12.0. The highest BCUT2D eigenvalue weighted by atomic mass is 32.2. The zero-order chi connectivity index (χ0) is 14.7. The Balaban J connectivity index is 1.86. The molecule has 1 aliphatic rings. The van der Waals surface area contributed by atoms with Gasteiger partial charge in [0, 0.05) is 6.61 Å². The smallest absolute Gasteiger partial charge is 0.227 e. The molecule has 2 N–H and O–H groups in total. The van der Waals surface area contributed by atoms with Crippen molar-refractivity contribution in [2.24, 2.45) is 5.73 Å². The summed E-state index contributed by atoms with van der Waals surface area (Å²) in [5.41, 5.74) is 5.22. The lowest BCUT2D eigenvalue weighted by Crippen LogP contribution is -2.18. The summed E-state index contributed by atoms with van der Waals surface area (Å²) in [5.74, 6) is 0.672. The number of carbonyl (C=O) groups excluding carboxylic acids is 1. The molecule has 21 heavy (non-hydrogen) atoms. The number of hydrogen-bond donors (Lipinski definition) is 1. The molecule has 0 aromatic carbocycles. The highest BCUT2D eigenvalue weighted by Gasteiger charge is 2.22. The van der Waals surface area contributed by atoms with Crippen LogP contribution in [0.25, 0.3) is 10.7 Å². The van der Waals surface area contributed by atoms with E-state index in [1.807, 2.05) is 22.1 Å². The number of aromatic nitrogens is 3. The van der Waals surface area contributed by atoms with Gasteiger partial charge in [-0.05, 0) is 24.3 Å². The number of nitrogens with zero attached hydrogens (tertiary/aromatic N) is 3. The molecule has 0 bridgehead atoms. The molecule has 6 nitrogen and oxygen atoms in total. The number of amides is 1. The van der Waals surface area contributed by atoms with Gasteiger partial charge in [0.25, 0.3) is 0 Å². The second-order valence-electron chi connectivity index (χ2n) is 4.78. The lowest BCUT2D eigenvalue weighted by atomic mass is 10.2. The van der Waals surface area contributed by atoms with E-state index >= 15 is 0 Å². The average molecular weight is 324 g/mol. The van der Waals surface area contributed by atoms with Gasteiger partial charge < -0.3 is 10.5 Å². The summed E-state index contributed by atoms with van der Waals surface area (Å²) in [6.07, 6.45) is 2.32. The molecule has 0 saturated carbocycles. The van der Waals surface area contributed by atoms with Crippen molar-refractivity contribution in [3.63, 3.8) is 0 Å². The first kappa shape index (κ1) is 14.6. The van der Waals surface area contributed by atoms with Crippen LogP contribution in [-0.4, -0.2) is 39.1 Å². The Morgan fingerprint density at radius 2 is 2.48 bits per heavy atom. The quantitative estimate of drug-likeness (QED) is 0.819. The van der Waals surface area contributed by atoms with Crippen molar-refractivity contribution in [3.05, 3.63) is 17.5 Å². The minimum atomic E-state index is -0.357. The van der Waals surface area contributed by atoms with Crippen LogP contribution in [0, 0.1) is 0 Å². The van der Waals surface area contributed by atoms with Crippen molar-refractivity contribution < 1.29 is 9.53 Å². The fourth-order valence-electron chi connectivity index (χ4n) is 2.28. The third-order valence-electron chi connectivity index (χ3n) is 3.21. The van der Waals surface area contributed by atoms with Crippen LogP contribution in [0.1, 0.15) is 12.8 Å². The molecule has 0 radical (unpaired) electrons. The Labute approximate surface area is 130 Å². The van der Waals surface area contributed by atoms with E-state index in [0.717, 1.165) is 30.2 Å². The molecular formula is C13H16N4O2S2. The van der Waals surface area contributed by atoms with E-state index in [1.54, 1.807) is 11.3 Å². The van der Waals surface area contributed by atoms with E-state index < -0.39 is 0 Å². The second-order valence-corrected chi connectivity index (χ2v) is 6.67. The SMILES string of the molecule is NC(=O)CSc1nnc(-c2cccs2)n1C[C@@H]1CCCO1. The Bertz CT molecular complexity index is 606. The zero-order valence-electron chi connectivity index (χ0n) is 11.4. The summed E-state index contributed by atoms with van der Waals surface area (Å²) >= 11 is 2.94. The van der Waals surface area contributed by atoms with Crippen molar-refractivity contribution in [2.75, 3.05) is 12.4 Å². The molecule has 2 aromatic heterocycles. The summed E-state index contributed by atoms with van der Waals surface area (Å²) < 4.78 is 7.74. The maximum absolute atomic E-state index is 11.0. The minimum absolute atomic E-state index is 0.188. The van der Waals surface area contributed by atoms with Crippen LogP contribution in [0.2, 0.25) is 0 Å². The summed E-state index contributed by atoms with van der Waals surface area (Å²) in [5, 5.41) is 11.2. The van der Waals surface area contributed by atoms with Gasteiger partial charge >= 0.3 is 0 Å². The van der Waals surface area contributed by atoms with Crippen LogP contribution in [0.5, 0.6) is 0 Å². The van der Waals surface area contributed by atoms with Gasteiger partial charge in [-0.15, -0.1) is 21.5 Å². The molecule has 2 aromatic rings. The minimum Gasteiger partial charge on any atom is -0.376 e. The Hall–Kier alpha value is -1.38. The number of rotatable bonds is 6. The Kier molecular flexibility index (Phi) is 4.57. The molecule has 1 aliphatic heterocycles. The molecule has 3 rings (SSSR count). The van der Waals surface area contributed by atoms with Crippen molar-refractivity contribution >= 4 is 29.0 Å². The van der Waals surface area contributed by atoms with E-state index in [0.29, 0.717) is 11.7 Å². The van der Waals surface area contributed by atoms with Gasteiger partial charge in [-0.1, -0.05) is 17.8 Å². The van der Waals surface area contributed by atoms with Gasteiger partial charge in [0.1, 0.15) is 0 Å². The maximum Gasteiger partial charge on any atom is 0.227 e. The van der Waals surface area contributed by atoms with Gasteiger partial charge in [-0.25, -0.2) is 0 Å². The average Bonchev–Trinajstić information content (AvgIpc) is 3.18. The van der Waals surface area contributed by atoms with Crippen LogP contribution in [-0.2, 0) is 16.1 Å². The van der Waals surface area contributed by atoms with E-state index in [9.17, 15) is 4.79 Å². The lowest BCUT2D eigenvalue weighted by Gasteiger charge is -2.13. The molecule has 1 saturated heterocycles. The highest BCUT2D eigenvalue weighted by molar-refractivity contribution is 7.99. The van der Waals surface area contributed by atoms with Crippen LogP contribution in [0.15, 0.2) is 22.7 Å². The fraction of sp³-hybridized carbons (Fsp3) is 0.462. The third-order valence-corrected chi connectivity index (χ3v) is 5.07. The van der Waals surface area contributed by atoms with E-state index in [-0.39, 0.29) is 17.8 Å². The van der Waals surface area contributed by atoms with E-state index in [4.69, 9.17) is 10.5 Å². The number of nitrogens with two attached hydrogens (primary N) is 1. The molecule has 3 heterocycles. The Morgan fingerprint density at radius 1 is 1.57 bits per heavy atom. The predicted octanol–water partition coefficient (Wildman–Crippen LogP) is 1.76. The topological polar surface area (TPSA) is 83.0 Å². The number of hydrogen-bond acceptors (Lipinski definition) is 6. The largest absolute Gasteiger partial charge is 0.376 e.